The standard InChI is InChI=1S/C14H21ClN2O/c1-11(12-4-3-5-13(15)8-12)17(2)9-14-10-18-7-6-16-14/h3-5,8,11,14,16H,6-7,9-10H2,1-2H3. The molecular formula is C14H21ClN2O. The molecule has 0 radical (unpaired) electrons. The average Bonchev–Trinajstić information content (AvgIpc) is 2.39. The number of nitrogens with zero attached hydrogens (tertiary/aromatic N) is 1. The van der Waals surface area contributed by atoms with Crippen LogP contribution in [0.2, 0.25) is 5.02 Å². The molecule has 1 aromatic rings. The number of likely N-dealkylation sites (N-methyl/N-ethyl adjacent to an activating group) is 1. The molecular weight excluding hydrogens is 248 g/mol. The van der Waals surface area contributed by atoms with Gasteiger partial charge in [0, 0.05) is 30.2 Å². The Morgan fingerprint density at radius 1 is 1.56 bits per heavy atom. The zero-order chi connectivity index (χ0) is 13.0. The van der Waals surface area contributed by atoms with Crippen LogP contribution in [0.1, 0.15) is 18.5 Å². The molecule has 0 aromatic heterocycles. The molecule has 0 bridgehead atoms. The number of hydrogen-bond acceptors (Lipinski definition) is 3. The highest BCUT2D eigenvalue weighted by molar-refractivity contribution is 6.30. The Hall–Kier alpha value is -0.610. The first-order chi connectivity index (χ1) is 8.66. The number of benzene rings is 1. The fourth-order valence-electron chi connectivity index (χ4n) is 2.26. The van der Waals surface area contributed by atoms with Gasteiger partial charge in [-0.1, -0.05) is 23.7 Å². The van der Waals surface area contributed by atoms with Crippen LogP contribution in [0.3, 0.4) is 0 Å². The molecule has 1 N–H and O–H groups in total. The molecule has 0 saturated carbocycles. The Bertz CT molecular complexity index is 380. The summed E-state index contributed by atoms with van der Waals surface area (Å²) in [6.45, 7) is 5.75. The van der Waals surface area contributed by atoms with Crippen LogP contribution in [0.4, 0.5) is 0 Å². The summed E-state index contributed by atoms with van der Waals surface area (Å²) in [4.78, 5) is 2.33. The van der Waals surface area contributed by atoms with Gasteiger partial charge in [0.05, 0.1) is 13.2 Å². The van der Waals surface area contributed by atoms with E-state index in [1.165, 1.54) is 5.56 Å². The van der Waals surface area contributed by atoms with Crippen LogP contribution in [0.5, 0.6) is 0 Å². The molecule has 2 atom stereocenters. The van der Waals surface area contributed by atoms with Crippen LogP contribution >= 0.6 is 11.6 Å². The van der Waals surface area contributed by atoms with Crippen molar-refractivity contribution in [2.75, 3.05) is 33.4 Å². The van der Waals surface area contributed by atoms with Crippen molar-refractivity contribution < 1.29 is 4.74 Å². The minimum atomic E-state index is 0.354. The quantitative estimate of drug-likeness (QED) is 0.907. The van der Waals surface area contributed by atoms with Gasteiger partial charge in [0.1, 0.15) is 0 Å². The summed E-state index contributed by atoms with van der Waals surface area (Å²) in [6.07, 6.45) is 0. The summed E-state index contributed by atoms with van der Waals surface area (Å²) < 4.78 is 5.48. The molecule has 18 heavy (non-hydrogen) atoms. The lowest BCUT2D eigenvalue weighted by atomic mass is 10.1. The Balaban J connectivity index is 1.93. The summed E-state index contributed by atoms with van der Waals surface area (Å²) in [5.41, 5.74) is 1.25. The van der Waals surface area contributed by atoms with E-state index in [9.17, 15) is 0 Å². The summed E-state index contributed by atoms with van der Waals surface area (Å²) in [6, 6.07) is 8.85. The van der Waals surface area contributed by atoms with Crippen LogP contribution in [-0.4, -0.2) is 44.3 Å². The number of rotatable bonds is 4. The second-order valence-corrected chi connectivity index (χ2v) is 5.33. The summed E-state index contributed by atoms with van der Waals surface area (Å²) >= 11 is 6.03. The molecule has 1 heterocycles. The number of morpholine rings is 1. The van der Waals surface area contributed by atoms with E-state index < -0.39 is 0 Å². The van der Waals surface area contributed by atoms with Crippen LogP contribution in [-0.2, 0) is 4.74 Å². The van der Waals surface area contributed by atoms with Gasteiger partial charge >= 0.3 is 0 Å². The third-order valence-electron chi connectivity index (χ3n) is 3.50. The fourth-order valence-corrected chi connectivity index (χ4v) is 2.46. The van der Waals surface area contributed by atoms with Crippen molar-refractivity contribution in [3.8, 4) is 0 Å². The molecule has 0 spiro atoms. The van der Waals surface area contributed by atoms with E-state index in [4.69, 9.17) is 16.3 Å². The zero-order valence-electron chi connectivity index (χ0n) is 11.0. The lowest BCUT2D eigenvalue weighted by Gasteiger charge is -2.31. The molecule has 1 aliphatic heterocycles. The van der Waals surface area contributed by atoms with E-state index in [1.54, 1.807) is 0 Å². The summed E-state index contributed by atoms with van der Waals surface area (Å²) in [7, 11) is 2.14. The maximum absolute atomic E-state index is 6.03. The van der Waals surface area contributed by atoms with Gasteiger partial charge in [-0.25, -0.2) is 0 Å². The Morgan fingerprint density at radius 3 is 3.06 bits per heavy atom. The van der Waals surface area contributed by atoms with Gasteiger partial charge < -0.3 is 10.1 Å². The number of nitrogens with one attached hydrogen (secondary N) is 1. The van der Waals surface area contributed by atoms with Gasteiger partial charge in [-0.05, 0) is 31.7 Å². The normalized spacial score (nSPS) is 22.1. The lowest BCUT2D eigenvalue weighted by molar-refractivity contribution is 0.0605. The highest BCUT2D eigenvalue weighted by Crippen LogP contribution is 2.22. The first-order valence-corrected chi connectivity index (χ1v) is 6.81. The molecule has 1 saturated heterocycles. The monoisotopic (exact) mass is 268 g/mol. The Labute approximate surface area is 114 Å². The van der Waals surface area contributed by atoms with Gasteiger partial charge in [-0.3, -0.25) is 4.90 Å². The van der Waals surface area contributed by atoms with E-state index >= 15 is 0 Å². The van der Waals surface area contributed by atoms with Gasteiger partial charge in [0.15, 0.2) is 0 Å². The highest BCUT2D eigenvalue weighted by Gasteiger charge is 2.19. The number of halogens is 1. The van der Waals surface area contributed by atoms with Crippen molar-refractivity contribution >= 4 is 11.6 Å². The summed E-state index contributed by atoms with van der Waals surface area (Å²) in [5.74, 6) is 0. The fraction of sp³-hybridized carbons (Fsp3) is 0.571. The topological polar surface area (TPSA) is 24.5 Å². The average molecular weight is 269 g/mol. The van der Waals surface area contributed by atoms with Gasteiger partial charge in [-0.2, -0.15) is 0 Å². The van der Waals surface area contributed by atoms with E-state index in [-0.39, 0.29) is 0 Å². The second-order valence-electron chi connectivity index (χ2n) is 4.90. The SMILES string of the molecule is CC(c1cccc(Cl)c1)N(C)CC1COCCN1. The minimum absolute atomic E-state index is 0.354. The van der Waals surface area contributed by atoms with Crippen molar-refractivity contribution in [1.29, 1.82) is 0 Å². The highest BCUT2D eigenvalue weighted by atomic mass is 35.5. The third kappa shape index (κ3) is 3.69. The molecule has 1 aromatic carbocycles. The Morgan fingerprint density at radius 2 is 2.39 bits per heavy atom. The van der Waals surface area contributed by atoms with Crippen molar-refractivity contribution in [1.82, 2.24) is 10.2 Å². The van der Waals surface area contributed by atoms with Gasteiger partial charge in [-0.15, -0.1) is 0 Å². The number of hydrogen-bond donors (Lipinski definition) is 1. The minimum Gasteiger partial charge on any atom is -0.378 e. The molecule has 3 nitrogen and oxygen atoms in total. The first-order valence-electron chi connectivity index (χ1n) is 6.43. The maximum atomic E-state index is 6.03. The second kappa shape index (κ2) is 6.53. The predicted molar refractivity (Wildman–Crippen MR) is 75.1 cm³/mol. The molecule has 2 rings (SSSR count). The third-order valence-corrected chi connectivity index (χ3v) is 3.73. The van der Waals surface area contributed by atoms with Crippen molar-refractivity contribution in [3.05, 3.63) is 34.9 Å². The van der Waals surface area contributed by atoms with Gasteiger partial charge in [0.25, 0.3) is 0 Å². The molecule has 1 aliphatic rings. The zero-order valence-corrected chi connectivity index (χ0v) is 11.8. The number of ether oxygens (including phenoxy) is 1. The van der Waals surface area contributed by atoms with E-state index in [0.717, 1.165) is 31.3 Å². The van der Waals surface area contributed by atoms with Crippen molar-refractivity contribution in [2.45, 2.75) is 19.0 Å². The van der Waals surface area contributed by atoms with Crippen molar-refractivity contribution in [3.63, 3.8) is 0 Å². The molecule has 0 aliphatic carbocycles. The van der Waals surface area contributed by atoms with Crippen LogP contribution < -0.4 is 5.32 Å². The Kier molecular flexibility index (Phi) is 5.01. The van der Waals surface area contributed by atoms with Crippen molar-refractivity contribution in [2.24, 2.45) is 0 Å². The lowest BCUT2D eigenvalue weighted by Crippen LogP contribution is -2.48. The molecule has 0 amide bonds. The van der Waals surface area contributed by atoms with E-state index in [0.29, 0.717) is 12.1 Å². The molecule has 1 fully saturated rings. The van der Waals surface area contributed by atoms with Crippen LogP contribution in [0.25, 0.3) is 0 Å². The van der Waals surface area contributed by atoms with E-state index in [1.807, 2.05) is 18.2 Å². The maximum Gasteiger partial charge on any atom is 0.0632 e. The predicted octanol–water partition coefficient (Wildman–Crippen LogP) is 2.32. The van der Waals surface area contributed by atoms with Gasteiger partial charge in [0.2, 0.25) is 0 Å². The molecule has 100 valence electrons. The molecule has 2 unspecified atom stereocenters. The smallest absolute Gasteiger partial charge is 0.0632 e. The summed E-state index contributed by atoms with van der Waals surface area (Å²) in [5, 5.41) is 4.27. The van der Waals surface area contributed by atoms with Crippen LogP contribution in [0, 0.1) is 0 Å². The van der Waals surface area contributed by atoms with Crippen LogP contribution in [0.15, 0.2) is 24.3 Å². The van der Waals surface area contributed by atoms with E-state index in [2.05, 4.69) is 30.3 Å². The largest absolute Gasteiger partial charge is 0.378 e. The molecule has 4 heteroatoms. The first kappa shape index (κ1) is 13.8.